The van der Waals surface area contributed by atoms with Gasteiger partial charge in [-0.15, -0.1) is 24.9 Å². The lowest BCUT2D eigenvalue weighted by Gasteiger charge is -2.40. The van der Waals surface area contributed by atoms with E-state index in [1.807, 2.05) is 52.8 Å². The fourth-order valence-corrected chi connectivity index (χ4v) is 9.47. The monoisotopic (exact) mass is 568 g/mol. The predicted octanol–water partition coefficient (Wildman–Crippen LogP) is 4.83. The molecule has 1 aromatic carbocycles. The second-order valence-corrected chi connectivity index (χ2v) is 14.1. The van der Waals surface area contributed by atoms with Gasteiger partial charge in [0.05, 0.1) is 35.8 Å². The molecule has 0 radical (unpaired) electrons. The number of likely N-dealkylation sites (tertiary alicyclic amines) is 1. The van der Waals surface area contributed by atoms with Crippen LogP contribution >= 0.6 is 11.8 Å². The second kappa shape index (κ2) is 11.7. The maximum absolute atomic E-state index is 14.8. The molecule has 7 nitrogen and oxygen atoms in total. The van der Waals surface area contributed by atoms with E-state index in [1.165, 1.54) is 0 Å². The van der Waals surface area contributed by atoms with Crippen LogP contribution in [0.15, 0.2) is 43.5 Å². The van der Waals surface area contributed by atoms with Gasteiger partial charge in [-0.05, 0) is 69.6 Å². The lowest BCUT2D eigenvalue weighted by atomic mass is 9.66. The van der Waals surface area contributed by atoms with Gasteiger partial charge in [0.1, 0.15) is 6.04 Å². The zero-order valence-corrected chi connectivity index (χ0v) is 25.3. The first kappa shape index (κ1) is 30.4. The number of nitrogens with zero attached hydrogens (tertiary/aromatic N) is 2. The lowest BCUT2D eigenvalue weighted by molar-refractivity contribution is -0.156. The van der Waals surface area contributed by atoms with Crippen molar-refractivity contribution < 1.29 is 24.2 Å². The highest BCUT2D eigenvalue weighted by molar-refractivity contribution is 8.02. The molecule has 3 aliphatic rings. The van der Waals surface area contributed by atoms with Gasteiger partial charge in [0.15, 0.2) is 0 Å². The molecule has 0 saturated carbocycles. The Kier molecular flexibility index (Phi) is 8.91. The van der Waals surface area contributed by atoms with Crippen molar-refractivity contribution in [1.29, 1.82) is 0 Å². The molecule has 2 unspecified atom stereocenters. The first-order valence-corrected chi connectivity index (χ1v) is 15.2. The molecule has 3 aliphatic heterocycles. The average molecular weight is 569 g/mol. The van der Waals surface area contributed by atoms with Crippen molar-refractivity contribution in [3.05, 3.63) is 54.6 Å². The molecule has 2 amide bonds. The van der Waals surface area contributed by atoms with Crippen LogP contribution in [0.25, 0.3) is 0 Å². The van der Waals surface area contributed by atoms with E-state index in [2.05, 4.69) is 13.2 Å². The smallest absolute Gasteiger partial charge is 0.311 e. The van der Waals surface area contributed by atoms with Gasteiger partial charge in [-0.2, -0.15) is 0 Å². The number of anilines is 1. The number of benzene rings is 1. The van der Waals surface area contributed by atoms with Gasteiger partial charge < -0.3 is 19.6 Å². The molecule has 4 rings (SSSR count). The number of aliphatic hydroxyl groups excluding tert-OH is 1. The molecule has 218 valence electrons. The molecular formula is C32H44N2O5S. The Hall–Kier alpha value is -2.58. The Morgan fingerprint density at radius 3 is 2.60 bits per heavy atom. The van der Waals surface area contributed by atoms with Crippen LogP contribution in [0.4, 0.5) is 5.69 Å². The maximum Gasteiger partial charge on any atom is 0.311 e. The number of rotatable bonds is 12. The SMILES string of the molecule is C=CCCOC(=O)[C@@H]1[C@H]2C(=O)N([C@@H](CO)CC(C)C)C(C(=O)N(CC=C)c3cc(C)ccc3C)C23CC[C@@]1(C)S3. The summed E-state index contributed by atoms with van der Waals surface area (Å²) in [5.74, 6) is -1.94. The van der Waals surface area contributed by atoms with Crippen LogP contribution in [-0.4, -0.2) is 69.1 Å². The minimum atomic E-state index is -0.821. The number of fused-ring (bicyclic) bond motifs is 1. The zero-order chi connectivity index (χ0) is 29.4. The second-order valence-electron chi connectivity index (χ2n) is 12.2. The van der Waals surface area contributed by atoms with Crippen LogP contribution in [0.1, 0.15) is 57.6 Å². The third-order valence-electron chi connectivity index (χ3n) is 8.85. The normalized spacial score (nSPS) is 29.4. The zero-order valence-electron chi connectivity index (χ0n) is 24.5. The van der Waals surface area contributed by atoms with Crippen molar-refractivity contribution >= 4 is 35.2 Å². The molecule has 1 spiro atoms. The molecule has 40 heavy (non-hydrogen) atoms. The summed E-state index contributed by atoms with van der Waals surface area (Å²) >= 11 is 1.62. The number of carbonyl (C=O) groups excluding carboxylic acids is 3. The number of amides is 2. The van der Waals surface area contributed by atoms with Crippen molar-refractivity contribution in [2.75, 3.05) is 24.7 Å². The molecule has 1 aromatic rings. The number of aliphatic hydroxyl groups is 1. The van der Waals surface area contributed by atoms with Crippen molar-refractivity contribution in [3.8, 4) is 0 Å². The summed E-state index contributed by atoms with van der Waals surface area (Å²) in [5, 5.41) is 10.5. The van der Waals surface area contributed by atoms with Crippen molar-refractivity contribution in [2.45, 2.75) is 81.9 Å². The van der Waals surface area contributed by atoms with Gasteiger partial charge in [0.25, 0.3) is 5.91 Å². The van der Waals surface area contributed by atoms with Crippen LogP contribution in [0, 0.1) is 31.6 Å². The van der Waals surface area contributed by atoms with E-state index >= 15 is 0 Å². The van der Waals surface area contributed by atoms with E-state index in [-0.39, 0.29) is 43.5 Å². The predicted molar refractivity (Wildman–Crippen MR) is 160 cm³/mol. The highest BCUT2D eigenvalue weighted by Crippen LogP contribution is 2.72. The minimum Gasteiger partial charge on any atom is -0.465 e. The van der Waals surface area contributed by atoms with Crippen LogP contribution in [0.3, 0.4) is 0 Å². The Balaban J connectivity index is 1.84. The van der Waals surface area contributed by atoms with E-state index < -0.39 is 33.4 Å². The summed E-state index contributed by atoms with van der Waals surface area (Å²) in [6.45, 7) is 17.9. The minimum absolute atomic E-state index is 0.191. The van der Waals surface area contributed by atoms with E-state index in [1.54, 1.807) is 33.7 Å². The summed E-state index contributed by atoms with van der Waals surface area (Å²) < 4.78 is 4.36. The molecule has 1 N–H and O–H groups in total. The Bertz CT molecular complexity index is 1180. The number of esters is 1. The third kappa shape index (κ3) is 5.02. The molecular weight excluding hydrogens is 524 g/mol. The summed E-state index contributed by atoms with van der Waals surface area (Å²) in [5.41, 5.74) is 2.76. The number of hydrogen-bond donors (Lipinski definition) is 1. The largest absolute Gasteiger partial charge is 0.465 e. The third-order valence-corrected chi connectivity index (χ3v) is 10.8. The average Bonchev–Trinajstić information content (AvgIpc) is 3.47. The van der Waals surface area contributed by atoms with E-state index in [0.717, 1.165) is 16.8 Å². The van der Waals surface area contributed by atoms with E-state index in [9.17, 15) is 19.5 Å². The van der Waals surface area contributed by atoms with Crippen LogP contribution in [0.2, 0.25) is 0 Å². The first-order valence-electron chi connectivity index (χ1n) is 14.4. The van der Waals surface area contributed by atoms with Gasteiger partial charge in [0.2, 0.25) is 5.91 Å². The molecule has 0 aliphatic carbocycles. The fourth-order valence-electron chi connectivity index (χ4n) is 7.14. The Morgan fingerprint density at radius 2 is 1.98 bits per heavy atom. The topological polar surface area (TPSA) is 87.1 Å². The van der Waals surface area contributed by atoms with Gasteiger partial charge >= 0.3 is 5.97 Å². The summed E-state index contributed by atoms with van der Waals surface area (Å²) in [6.07, 6.45) is 5.83. The molecule has 0 aromatic heterocycles. The van der Waals surface area contributed by atoms with Crippen molar-refractivity contribution in [3.63, 3.8) is 0 Å². The highest BCUT2D eigenvalue weighted by Gasteiger charge is 2.78. The molecule has 8 heteroatoms. The number of ether oxygens (including phenoxy) is 1. The molecule has 2 bridgehead atoms. The number of thioether (sulfide) groups is 1. The summed E-state index contributed by atoms with van der Waals surface area (Å²) in [4.78, 5) is 46.2. The maximum atomic E-state index is 14.8. The number of aryl methyl sites for hydroxylation is 2. The van der Waals surface area contributed by atoms with Gasteiger partial charge in [-0.1, -0.05) is 38.1 Å². The Morgan fingerprint density at radius 1 is 1.25 bits per heavy atom. The molecule has 6 atom stereocenters. The first-order chi connectivity index (χ1) is 19.0. The molecule has 3 fully saturated rings. The Labute approximate surface area is 243 Å². The molecule has 3 saturated heterocycles. The van der Waals surface area contributed by atoms with Crippen LogP contribution in [0.5, 0.6) is 0 Å². The quantitative estimate of drug-likeness (QED) is 0.221. The highest BCUT2D eigenvalue weighted by atomic mass is 32.2. The van der Waals surface area contributed by atoms with E-state index in [4.69, 9.17) is 4.74 Å². The van der Waals surface area contributed by atoms with Gasteiger partial charge in [0, 0.05) is 17.0 Å². The lowest BCUT2D eigenvalue weighted by Crippen LogP contribution is -2.58. The van der Waals surface area contributed by atoms with Crippen LogP contribution in [-0.2, 0) is 19.1 Å². The van der Waals surface area contributed by atoms with Crippen molar-refractivity contribution in [1.82, 2.24) is 4.90 Å². The standard InChI is InChI=1S/C32H44N2O5S/c1-8-10-16-39-30(38)26-25-28(36)34(23(19-35)17-20(3)4)27(32(25)14-13-31(26,7)40-32)29(37)33(15-9-2)24-18-21(5)11-12-22(24)6/h8-9,11-12,18,20,23,25-27,35H,1-2,10,13-17,19H2,3-7H3/t23-,25+,26+,27?,31-,32?/m1/s1. The summed E-state index contributed by atoms with van der Waals surface area (Å²) in [6, 6.07) is 4.64. The number of carbonyl (C=O) groups is 3. The van der Waals surface area contributed by atoms with Crippen LogP contribution < -0.4 is 4.90 Å². The van der Waals surface area contributed by atoms with E-state index in [0.29, 0.717) is 25.7 Å². The fraction of sp³-hybridized carbons (Fsp3) is 0.594. The summed E-state index contributed by atoms with van der Waals surface area (Å²) in [7, 11) is 0. The number of hydrogen-bond acceptors (Lipinski definition) is 6. The molecule has 3 heterocycles. The van der Waals surface area contributed by atoms with Gasteiger partial charge in [-0.3, -0.25) is 14.4 Å². The van der Waals surface area contributed by atoms with Crippen molar-refractivity contribution in [2.24, 2.45) is 17.8 Å². The van der Waals surface area contributed by atoms with Gasteiger partial charge in [-0.25, -0.2) is 0 Å².